The van der Waals surface area contributed by atoms with Gasteiger partial charge in [-0.25, -0.2) is 0 Å². The van der Waals surface area contributed by atoms with Crippen LogP contribution in [0, 0.1) is 22.7 Å². The van der Waals surface area contributed by atoms with Gasteiger partial charge in [-0.15, -0.1) is 0 Å². The molecule has 0 aromatic rings. The molecule has 0 amide bonds. The van der Waals surface area contributed by atoms with Gasteiger partial charge in [-0.3, -0.25) is 4.79 Å². The smallest absolute Gasteiger partial charge is 0.302 e. The molecule has 0 saturated heterocycles. The van der Waals surface area contributed by atoms with Gasteiger partial charge in [0.2, 0.25) is 0 Å². The third kappa shape index (κ3) is 4.13. The van der Waals surface area contributed by atoms with Crippen LogP contribution in [-0.4, -0.2) is 12.6 Å². The highest BCUT2D eigenvalue weighted by atomic mass is 16.5. The first-order chi connectivity index (χ1) is 11.2. The maximum Gasteiger partial charge on any atom is 0.302 e. The zero-order valence-corrected chi connectivity index (χ0v) is 16.4. The van der Waals surface area contributed by atoms with E-state index in [0.717, 1.165) is 12.3 Å². The van der Waals surface area contributed by atoms with Crippen molar-refractivity contribution >= 4 is 5.97 Å². The van der Waals surface area contributed by atoms with Crippen LogP contribution in [0.1, 0.15) is 79.6 Å². The van der Waals surface area contributed by atoms with E-state index in [1.165, 1.54) is 56.6 Å². The Kier molecular flexibility index (Phi) is 5.99. The Bertz CT molecular complexity index is 514. The van der Waals surface area contributed by atoms with E-state index in [-0.39, 0.29) is 5.97 Å². The lowest BCUT2D eigenvalue weighted by molar-refractivity contribution is -0.139. The molecule has 0 aromatic heterocycles. The number of carbonyl (C=O) groups is 1. The van der Waals surface area contributed by atoms with E-state index in [1.807, 2.05) is 0 Å². The van der Waals surface area contributed by atoms with Crippen LogP contribution in [0.25, 0.3) is 0 Å². The van der Waals surface area contributed by atoms with Crippen molar-refractivity contribution in [3.05, 3.63) is 23.8 Å². The van der Waals surface area contributed by atoms with Crippen LogP contribution in [-0.2, 0) is 9.53 Å². The zero-order valence-electron chi connectivity index (χ0n) is 16.4. The van der Waals surface area contributed by atoms with Crippen molar-refractivity contribution in [3.8, 4) is 0 Å². The molecule has 3 unspecified atom stereocenters. The van der Waals surface area contributed by atoms with Gasteiger partial charge in [0.25, 0.3) is 0 Å². The Morgan fingerprint density at radius 3 is 2.67 bits per heavy atom. The Balaban J connectivity index is 2.04. The van der Waals surface area contributed by atoms with Crippen LogP contribution in [0.2, 0.25) is 0 Å². The Morgan fingerprint density at radius 1 is 1.29 bits per heavy atom. The fraction of sp³-hybridized carbons (Fsp3) is 0.773. The van der Waals surface area contributed by atoms with Gasteiger partial charge in [-0.2, -0.15) is 0 Å². The molecule has 0 spiro atoms. The van der Waals surface area contributed by atoms with Gasteiger partial charge in [0, 0.05) is 6.92 Å². The number of carbonyl (C=O) groups excluding carboxylic acids is 1. The molecule has 0 aliphatic heterocycles. The fourth-order valence-electron chi connectivity index (χ4n) is 5.58. The first-order valence-corrected chi connectivity index (χ1v) is 9.63. The second-order valence-corrected chi connectivity index (χ2v) is 9.04. The van der Waals surface area contributed by atoms with Crippen molar-refractivity contribution < 1.29 is 9.53 Å². The lowest BCUT2D eigenvalue weighted by atomic mass is 9.47. The third-order valence-corrected chi connectivity index (χ3v) is 6.86. The topological polar surface area (TPSA) is 26.3 Å². The molecule has 2 nitrogen and oxygen atoms in total. The molecule has 2 aliphatic rings. The number of hydrogen-bond acceptors (Lipinski definition) is 2. The van der Waals surface area contributed by atoms with E-state index in [9.17, 15) is 4.79 Å². The molecule has 0 N–H and O–H groups in total. The van der Waals surface area contributed by atoms with Crippen molar-refractivity contribution in [3.63, 3.8) is 0 Å². The summed E-state index contributed by atoms with van der Waals surface area (Å²) in [6.07, 6.45) is 10.9. The summed E-state index contributed by atoms with van der Waals surface area (Å²) in [6, 6.07) is 0. The van der Waals surface area contributed by atoms with Crippen LogP contribution < -0.4 is 0 Å². The zero-order chi connectivity index (χ0) is 18.0. The van der Waals surface area contributed by atoms with E-state index < -0.39 is 0 Å². The summed E-state index contributed by atoms with van der Waals surface area (Å²) in [5.74, 6) is 1.24. The minimum absolute atomic E-state index is 0.209. The predicted octanol–water partition coefficient (Wildman–Crippen LogP) is 6.07. The van der Waals surface area contributed by atoms with Crippen LogP contribution in [0.15, 0.2) is 23.8 Å². The molecule has 2 saturated carbocycles. The molecule has 3 atom stereocenters. The molecule has 2 heteroatoms. The Labute approximate surface area is 148 Å². The van der Waals surface area contributed by atoms with Crippen LogP contribution in [0.4, 0.5) is 0 Å². The molecule has 0 heterocycles. The van der Waals surface area contributed by atoms with Gasteiger partial charge in [-0.1, -0.05) is 44.9 Å². The Hall–Kier alpha value is -1.05. The van der Waals surface area contributed by atoms with Crippen molar-refractivity contribution in [2.24, 2.45) is 22.7 Å². The van der Waals surface area contributed by atoms with E-state index >= 15 is 0 Å². The minimum atomic E-state index is -0.209. The van der Waals surface area contributed by atoms with Crippen molar-refractivity contribution in [1.82, 2.24) is 0 Å². The molecule has 24 heavy (non-hydrogen) atoms. The van der Waals surface area contributed by atoms with Gasteiger partial charge in [0.05, 0.1) is 0 Å². The number of allylic oxidation sites excluding steroid dienone is 2. The summed E-state index contributed by atoms with van der Waals surface area (Å²) < 4.78 is 5.03. The average molecular weight is 333 g/mol. The van der Waals surface area contributed by atoms with Gasteiger partial charge in [-0.05, 0) is 74.2 Å². The third-order valence-electron chi connectivity index (χ3n) is 6.86. The van der Waals surface area contributed by atoms with E-state index in [0.29, 0.717) is 23.4 Å². The standard InChI is InChI=1S/C22H36O2/c1-16(12-15-24-18(3)23)8-10-19-17(2)9-11-20-21(4,5)13-7-14-22(19,20)6/h12,19-20H,2,7-11,13-15H2,1,3-6H3/b16-12+. The minimum Gasteiger partial charge on any atom is -0.462 e. The maximum absolute atomic E-state index is 10.9. The average Bonchev–Trinajstić information content (AvgIpc) is 2.45. The summed E-state index contributed by atoms with van der Waals surface area (Å²) in [7, 11) is 0. The summed E-state index contributed by atoms with van der Waals surface area (Å²) in [5.41, 5.74) is 3.67. The van der Waals surface area contributed by atoms with Gasteiger partial charge in [0.15, 0.2) is 0 Å². The molecule has 0 radical (unpaired) electrons. The lowest BCUT2D eigenvalue weighted by Crippen LogP contribution is -2.49. The van der Waals surface area contributed by atoms with Crippen LogP contribution in [0.5, 0.6) is 0 Å². The summed E-state index contributed by atoms with van der Waals surface area (Å²) in [6.45, 7) is 16.0. The van der Waals surface area contributed by atoms with Gasteiger partial charge >= 0.3 is 5.97 Å². The number of fused-ring (bicyclic) bond motifs is 1. The molecule has 0 bridgehead atoms. The van der Waals surface area contributed by atoms with Crippen molar-refractivity contribution in [2.45, 2.75) is 79.6 Å². The second-order valence-electron chi connectivity index (χ2n) is 9.04. The van der Waals surface area contributed by atoms with Crippen molar-refractivity contribution in [2.75, 3.05) is 6.61 Å². The number of ether oxygens (including phenoxy) is 1. The predicted molar refractivity (Wildman–Crippen MR) is 101 cm³/mol. The fourth-order valence-corrected chi connectivity index (χ4v) is 5.58. The lowest BCUT2D eigenvalue weighted by Gasteiger charge is -2.58. The molecule has 2 aliphatic carbocycles. The number of rotatable bonds is 5. The summed E-state index contributed by atoms with van der Waals surface area (Å²) >= 11 is 0. The van der Waals surface area contributed by atoms with Gasteiger partial charge in [0.1, 0.15) is 6.61 Å². The quantitative estimate of drug-likeness (QED) is 0.451. The van der Waals surface area contributed by atoms with E-state index in [4.69, 9.17) is 4.74 Å². The van der Waals surface area contributed by atoms with E-state index in [2.05, 4.69) is 40.3 Å². The molecule has 136 valence electrons. The highest BCUT2D eigenvalue weighted by Crippen LogP contribution is 2.61. The monoisotopic (exact) mass is 332 g/mol. The highest BCUT2D eigenvalue weighted by molar-refractivity contribution is 5.66. The van der Waals surface area contributed by atoms with Gasteiger partial charge < -0.3 is 4.74 Å². The maximum atomic E-state index is 10.9. The Morgan fingerprint density at radius 2 is 2.00 bits per heavy atom. The molecule has 0 aromatic carbocycles. The van der Waals surface area contributed by atoms with E-state index in [1.54, 1.807) is 0 Å². The highest BCUT2D eigenvalue weighted by Gasteiger charge is 2.52. The van der Waals surface area contributed by atoms with Crippen LogP contribution >= 0.6 is 0 Å². The molecular weight excluding hydrogens is 296 g/mol. The number of esters is 1. The molecule has 2 fully saturated rings. The van der Waals surface area contributed by atoms with Crippen LogP contribution in [0.3, 0.4) is 0 Å². The second kappa shape index (κ2) is 7.45. The SMILES string of the molecule is C=C1CCC2C(C)(C)CCCC2(C)C1CC/C(C)=C/COC(C)=O. The number of hydrogen-bond donors (Lipinski definition) is 0. The van der Waals surface area contributed by atoms with Crippen molar-refractivity contribution in [1.29, 1.82) is 0 Å². The first-order valence-electron chi connectivity index (χ1n) is 9.63. The summed E-state index contributed by atoms with van der Waals surface area (Å²) in [4.78, 5) is 10.9. The summed E-state index contributed by atoms with van der Waals surface area (Å²) in [5, 5.41) is 0. The molecule has 2 rings (SSSR count). The normalized spacial score (nSPS) is 33.0. The largest absolute Gasteiger partial charge is 0.462 e. The first kappa shape index (κ1) is 19.3. The molecular formula is C22H36O2.